The highest BCUT2D eigenvalue weighted by atomic mass is 35.5. The van der Waals surface area contributed by atoms with Crippen LogP contribution in [-0.2, 0) is 12.8 Å². The van der Waals surface area contributed by atoms with Gasteiger partial charge in [-0.05, 0) is 6.92 Å². The standard InChI is InChI=1S/C11H14ClN5O/c1-3-8-15-10(12)7(2)11(16-8)13-5-4-9-14-6-18-17-9/h6H,3-5H2,1-2H3,(H,13,15,16). The molecule has 0 radical (unpaired) electrons. The van der Waals surface area contributed by atoms with Gasteiger partial charge in [-0.15, -0.1) is 0 Å². The number of rotatable bonds is 5. The van der Waals surface area contributed by atoms with Gasteiger partial charge in [-0.2, -0.15) is 4.98 Å². The van der Waals surface area contributed by atoms with Gasteiger partial charge in [0, 0.05) is 24.9 Å². The second-order valence-corrected chi connectivity index (χ2v) is 4.14. The van der Waals surface area contributed by atoms with Gasteiger partial charge in [0.2, 0.25) is 6.39 Å². The summed E-state index contributed by atoms with van der Waals surface area (Å²) < 4.78 is 4.66. The summed E-state index contributed by atoms with van der Waals surface area (Å²) in [6.07, 6.45) is 2.73. The molecule has 2 aromatic heterocycles. The minimum absolute atomic E-state index is 0.490. The molecule has 0 saturated carbocycles. The molecule has 6 nitrogen and oxygen atoms in total. The smallest absolute Gasteiger partial charge is 0.213 e. The Hall–Kier alpha value is -1.69. The molecule has 1 N–H and O–H groups in total. The van der Waals surface area contributed by atoms with E-state index in [2.05, 4.69) is 29.9 Å². The molecule has 18 heavy (non-hydrogen) atoms. The molecule has 0 atom stereocenters. The number of nitrogens with one attached hydrogen (secondary N) is 1. The number of anilines is 1. The van der Waals surface area contributed by atoms with Crippen molar-refractivity contribution in [1.29, 1.82) is 0 Å². The average Bonchev–Trinajstić information content (AvgIpc) is 2.87. The highest BCUT2D eigenvalue weighted by Gasteiger charge is 2.08. The molecule has 96 valence electrons. The maximum Gasteiger partial charge on any atom is 0.213 e. The molecular formula is C11H14ClN5O. The molecule has 0 amide bonds. The first-order chi connectivity index (χ1) is 8.70. The molecule has 7 heteroatoms. The van der Waals surface area contributed by atoms with E-state index in [1.807, 2.05) is 13.8 Å². The van der Waals surface area contributed by atoms with E-state index in [1.165, 1.54) is 6.39 Å². The molecule has 2 aromatic rings. The van der Waals surface area contributed by atoms with Crippen molar-refractivity contribution in [3.8, 4) is 0 Å². The topological polar surface area (TPSA) is 76.7 Å². The van der Waals surface area contributed by atoms with Crippen molar-refractivity contribution in [1.82, 2.24) is 20.1 Å². The summed E-state index contributed by atoms with van der Waals surface area (Å²) in [5, 5.41) is 7.44. The van der Waals surface area contributed by atoms with E-state index in [4.69, 9.17) is 11.6 Å². The predicted octanol–water partition coefficient (Wildman–Crippen LogP) is 2.04. The van der Waals surface area contributed by atoms with E-state index in [9.17, 15) is 0 Å². The van der Waals surface area contributed by atoms with Crippen molar-refractivity contribution < 1.29 is 4.52 Å². The maximum absolute atomic E-state index is 6.05. The molecule has 0 aliphatic carbocycles. The monoisotopic (exact) mass is 267 g/mol. The Morgan fingerprint density at radius 3 is 2.83 bits per heavy atom. The van der Waals surface area contributed by atoms with E-state index in [-0.39, 0.29) is 0 Å². The normalized spacial score (nSPS) is 10.6. The van der Waals surface area contributed by atoms with Crippen molar-refractivity contribution in [3.63, 3.8) is 0 Å². The maximum atomic E-state index is 6.05. The lowest BCUT2D eigenvalue weighted by Crippen LogP contribution is -2.10. The molecule has 0 saturated heterocycles. The number of aryl methyl sites for hydroxylation is 1. The van der Waals surface area contributed by atoms with Crippen molar-refractivity contribution in [3.05, 3.63) is 28.8 Å². The molecule has 0 unspecified atom stereocenters. The van der Waals surface area contributed by atoms with Crippen LogP contribution in [0.4, 0.5) is 5.82 Å². The molecule has 0 bridgehead atoms. The van der Waals surface area contributed by atoms with Crippen LogP contribution in [0.3, 0.4) is 0 Å². The SMILES string of the molecule is CCc1nc(Cl)c(C)c(NCCc2ncon2)n1. The van der Waals surface area contributed by atoms with E-state index in [0.29, 0.717) is 23.9 Å². The quantitative estimate of drug-likeness (QED) is 0.836. The molecule has 0 fully saturated rings. The Balaban J connectivity index is 2.02. The first-order valence-electron chi connectivity index (χ1n) is 5.72. The predicted molar refractivity (Wildman–Crippen MR) is 67.6 cm³/mol. The zero-order valence-corrected chi connectivity index (χ0v) is 11.0. The molecular weight excluding hydrogens is 254 g/mol. The fraction of sp³-hybridized carbons (Fsp3) is 0.455. The van der Waals surface area contributed by atoms with Crippen LogP contribution in [0.15, 0.2) is 10.9 Å². The van der Waals surface area contributed by atoms with Crippen molar-refractivity contribution in [2.45, 2.75) is 26.7 Å². The van der Waals surface area contributed by atoms with Crippen molar-refractivity contribution in [2.75, 3.05) is 11.9 Å². The lowest BCUT2D eigenvalue weighted by Gasteiger charge is -2.09. The third kappa shape index (κ3) is 2.95. The third-order valence-electron chi connectivity index (χ3n) is 2.50. The number of halogens is 1. The lowest BCUT2D eigenvalue weighted by molar-refractivity contribution is 0.410. The largest absolute Gasteiger partial charge is 0.369 e. The lowest BCUT2D eigenvalue weighted by atomic mass is 10.3. The van der Waals surface area contributed by atoms with Gasteiger partial charge in [0.05, 0.1) is 0 Å². The number of hydrogen-bond donors (Lipinski definition) is 1. The van der Waals surface area contributed by atoms with Crippen LogP contribution in [0.5, 0.6) is 0 Å². The fourth-order valence-corrected chi connectivity index (χ4v) is 1.65. The zero-order valence-electron chi connectivity index (χ0n) is 10.3. The number of nitrogens with zero attached hydrogens (tertiary/aromatic N) is 4. The summed E-state index contributed by atoms with van der Waals surface area (Å²) in [4.78, 5) is 12.5. The van der Waals surface area contributed by atoms with Crippen molar-refractivity contribution >= 4 is 17.4 Å². The molecule has 0 aliphatic rings. The molecule has 2 rings (SSSR count). The van der Waals surface area contributed by atoms with Gasteiger partial charge in [-0.25, -0.2) is 9.97 Å². The number of hydrogen-bond acceptors (Lipinski definition) is 6. The summed E-state index contributed by atoms with van der Waals surface area (Å²) in [5.41, 5.74) is 0.849. The second kappa shape index (κ2) is 5.77. The Bertz CT molecular complexity index is 514. The highest BCUT2D eigenvalue weighted by molar-refractivity contribution is 6.30. The minimum Gasteiger partial charge on any atom is -0.369 e. The highest BCUT2D eigenvalue weighted by Crippen LogP contribution is 2.19. The fourth-order valence-electron chi connectivity index (χ4n) is 1.46. The van der Waals surface area contributed by atoms with Crippen LogP contribution >= 0.6 is 11.6 Å². The number of aromatic nitrogens is 4. The third-order valence-corrected chi connectivity index (χ3v) is 2.86. The molecule has 0 spiro atoms. The Morgan fingerprint density at radius 2 is 2.17 bits per heavy atom. The van der Waals surface area contributed by atoms with Gasteiger partial charge < -0.3 is 9.84 Å². The van der Waals surface area contributed by atoms with Crippen LogP contribution < -0.4 is 5.32 Å². The van der Waals surface area contributed by atoms with E-state index >= 15 is 0 Å². The Labute approximate surface area is 110 Å². The first kappa shape index (κ1) is 12.8. The average molecular weight is 268 g/mol. The van der Waals surface area contributed by atoms with Gasteiger partial charge in [-0.3, -0.25) is 0 Å². The van der Waals surface area contributed by atoms with E-state index < -0.39 is 0 Å². The van der Waals surface area contributed by atoms with E-state index in [1.54, 1.807) is 0 Å². The van der Waals surface area contributed by atoms with Crippen LogP contribution in [0.1, 0.15) is 24.1 Å². The van der Waals surface area contributed by atoms with Crippen LogP contribution in [0, 0.1) is 6.92 Å². The molecule has 2 heterocycles. The van der Waals surface area contributed by atoms with Gasteiger partial charge in [0.1, 0.15) is 16.8 Å². The Kier molecular flexibility index (Phi) is 4.09. The first-order valence-corrected chi connectivity index (χ1v) is 6.10. The van der Waals surface area contributed by atoms with Gasteiger partial charge in [0.15, 0.2) is 5.82 Å². The summed E-state index contributed by atoms with van der Waals surface area (Å²) in [6.45, 7) is 4.54. The molecule has 0 aromatic carbocycles. The zero-order chi connectivity index (χ0) is 13.0. The summed E-state index contributed by atoms with van der Waals surface area (Å²) in [7, 11) is 0. The summed E-state index contributed by atoms with van der Waals surface area (Å²) in [6, 6.07) is 0. The van der Waals surface area contributed by atoms with E-state index in [0.717, 1.165) is 23.6 Å². The van der Waals surface area contributed by atoms with Crippen LogP contribution in [-0.4, -0.2) is 26.7 Å². The van der Waals surface area contributed by atoms with Gasteiger partial charge >= 0.3 is 0 Å². The van der Waals surface area contributed by atoms with Gasteiger partial charge in [0.25, 0.3) is 0 Å². The summed E-state index contributed by atoms with van der Waals surface area (Å²) in [5.74, 6) is 2.15. The van der Waals surface area contributed by atoms with Crippen molar-refractivity contribution in [2.24, 2.45) is 0 Å². The van der Waals surface area contributed by atoms with Crippen LogP contribution in [0.2, 0.25) is 5.15 Å². The minimum atomic E-state index is 0.490. The summed E-state index contributed by atoms with van der Waals surface area (Å²) >= 11 is 6.05. The van der Waals surface area contributed by atoms with Crippen LogP contribution in [0.25, 0.3) is 0 Å². The Morgan fingerprint density at radius 1 is 1.33 bits per heavy atom. The van der Waals surface area contributed by atoms with Gasteiger partial charge in [-0.1, -0.05) is 23.7 Å². The second-order valence-electron chi connectivity index (χ2n) is 3.78. The molecule has 0 aliphatic heterocycles.